The number of carbonyl (C=O) groups excluding carboxylic acids is 2. The fourth-order valence-electron chi connectivity index (χ4n) is 1.97. The molecule has 1 heterocycles. The molecule has 0 radical (unpaired) electrons. The summed E-state index contributed by atoms with van der Waals surface area (Å²) >= 11 is 3.17. The molecule has 0 aliphatic carbocycles. The summed E-state index contributed by atoms with van der Waals surface area (Å²) in [5, 5.41) is 15.0. The van der Waals surface area contributed by atoms with Crippen LogP contribution in [0.2, 0.25) is 0 Å². The third-order valence-electron chi connectivity index (χ3n) is 3.07. The van der Waals surface area contributed by atoms with Gasteiger partial charge in [0.15, 0.2) is 0 Å². The quantitative estimate of drug-likeness (QED) is 0.717. The van der Waals surface area contributed by atoms with Crippen LogP contribution in [-0.2, 0) is 9.59 Å². The Hall–Kier alpha value is -1.94. The number of hydrogen-bond acceptors (Lipinski definition) is 4. The SMILES string of the molecule is CC1=NN(C(=O)C(=O)Nc2ccc(Br)cc2)C(O)(C(F)(F)F)C1. The predicted molar refractivity (Wildman–Crippen MR) is 78.3 cm³/mol. The molecule has 23 heavy (non-hydrogen) atoms. The van der Waals surface area contributed by atoms with Crippen LogP contribution >= 0.6 is 15.9 Å². The third-order valence-corrected chi connectivity index (χ3v) is 3.59. The normalized spacial score (nSPS) is 21.1. The van der Waals surface area contributed by atoms with Gasteiger partial charge in [-0.25, -0.2) is 0 Å². The van der Waals surface area contributed by atoms with E-state index in [0.29, 0.717) is 4.47 Å². The zero-order valence-electron chi connectivity index (χ0n) is 11.7. The number of carbonyl (C=O) groups is 2. The molecule has 0 saturated heterocycles. The van der Waals surface area contributed by atoms with E-state index in [1.165, 1.54) is 19.1 Å². The first-order chi connectivity index (χ1) is 10.5. The molecule has 1 atom stereocenters. The lowest BCUT2D eigenvalue weighted by molar-refractivity contribution is -0.301. The summed E-state index contributed by atoms with van der Waals surface area (Å²) in [5.41, 5.74) is -3.43. The van der Waals surface area contributed by atoms with Crippen molar-refractivity contribution in [1.29, 1.82) is 0 Å². The molecule has 0 spiro atoms. The Morgan fingerprint density at radius 2 is 1.91 bits per heavy atom. The second-order valence-corrected chi connectivity index (χ2v) is 5.82. The van der Waals surface area contributed by atoms with Crippen molar-refractivity contribution in [2.45, 2.75) is 25.2 Å². The van der Waals surface area contributed by atoms with Gasteiger partial charge in [-0.2, -0.15) is 23.3 Å². The molecular formula is C13H11BrF3N3O3. The number of hydrogen-bond donors (Lipinski definition) is 2. The smallest absolute Gasteiger partial charge is 0.362 e. The first kappa shape index (κ1) is 17.4. The molecule has 1 unspecified atom stereocenters. The molecule has 10 heteroatoms. The first-order valence-corrected chi connectivity index (χ1v) is 7.08. The van der Waals surface area contributed by atoms with E-state index in [2.05, 4.69) is 26.3 Å². The van der Waals surface area contributed by atoms with E-state index in [0.717, 1.165) is 0 Å². The number of nitrogens with one attached hydrogen (secondary N) is 1. The second kappa shape index (κ2) is 5.93. The van der Waals surface area contributed by atoms with Gasteiger partial charge in [0.25, 0.3) is 5.72 Å². The van der Waals surface area contributed by atoms with Gasteiger partial charge in [-0.1, -0.05) is 15.9 Å². The Kier molecular flexibility index (Phi) is 4.49. The number of amides is 2. The molecule has 1 aliphatic rings. The van der Waals surface area contributed by atoms with Crippen LogP contribution in [0.25, 0.3) is 0 Å². The molecule has 0 saturated carbocycles. The van der Waals surface area contributed by atoms with Gasteiger partial charge >= 0.3 is 18.0 Å². The second-order valence-electron chi connectivity index (χ2n) is 4.90. The highest BCUT2D eigenvalue weighted by Crippen LogP contribution is 2.40. The molecule has 1 aromatic carbocycles. The number of alkyl halides is 3. The number of nitrogens with zero attached hydrogens (tertiary/aromatic N) is 2. The van der Waals surface area contributed by atoms with Crippen molar-refractivity contribution in [3.05, 3.63) is 28.7 Å². The highest BCUT2D eigenvalue weighted by molar-refractivity contribution is 9.10. The molecule has 124 valence electrons. The molecule has 2 rings (SSSR count). The molecular weight excluding hydrogens is 383 g/mol. The summed E-state index contributed by atoms with van der Waals surface area (Å²) in [5.74, 6) is -2.95. The molecule has 0 bridgehead atoms. The predicted octanol–water partition coefficient (Wildman–Crippen LogP) is 2.25. The number of halogens is 4. The zero-order chi connectivity index (χ0) is 17.4. The van der Waals surface area contributed by atoms with E-state index in [1.54, 1.807) is 12.1 Å². The van der Waals surface area contributed by atoms with Crippen molar-refractivity contribution in [2.24, 2.45) is 5.10 Å². The summed E-state index contributed by atoms with van der Waals surface area (Å²) in [6.07, 6.45) is -6.06. The van der Waals surface area contributed by atoms with Crippen molar-refractivity contribution in [3.63, 3.8) is 0 Å². The minimum Gasteiger partial charge on any atom is -0.362 e. The monoisotopic (exact) mass is 393 g/mol. The van der Waals surface area contributed by atoms with Crippen LogP contribution < -0.4 is 5.32 Å². The van der Waals surface area contributed by atoms with Gasteiger partial charge in [-0.15, -0.1) is 0 Å². The molecule has 6 nitrogen and oxygen atoms in total. The molecule has 1 aromatic rings. The van der Waals surface area contributed by atoms with Crippen molar-refractivity contribution < 1.29 is 27.9 Å². The van der Waals surface area contributed by atoms with E-state index in [-0.39, 0.29) is 16.4 Å². The van der Waals surface area contributed by atoms with Gasteiger partial charge in [0.2, 0.25) is 0 Å². The van der Waals surface area contributed by atoms with Gasteiger partial charge in [0.05, 0.1) is 0 Å². The maximum atomic E-state index is 13.0. The van der Waals surface area contributed by atoms with Crippen molar-refractivity contribution in [2.75, 3.05) is 5.32 Å². The Labute approximate surface area is 137 Å². The van der Waals surface area contributed by atoms with Crippen molar-refractivity contribution in [3.8, 4) is 0 Å². The maximum absolute atomic E-state index is 13.0. The Balaban J connectivity index is 2.21. The van der Waals surface area contributed by atoms with Crippen LogP contribution in [0.3, 0.4) is 0 Å². The average Bonchev–Trinajstić information content (AvgIpc) is 2.76. The van der Waals surface area contributed by atoms with Gasteiger partial charge in [0, 0.05) is 22.3 Å². The number of aliphatic hydroxyl groups is 1. The van der Waals surface area contributed by atoms with Crippen LogP contribution in [0.1, 0.15) is 13.3 Å². The molecule has 2 amide bonds. The van der Waals surface area contributed by atoms with E-state index >= 15 is 0 Å². The number of hydrazone groups is 1. The first-order valence-electron chi connectivity index (χ1n) is 6.29. The van der Waals surface area contributed by atoms with E-state index < -0.39 is 30.1 Å². The van der Waals surface area contributed by atoms with Crippen LogP contribution in [0, 0.1) is 0 Å². The van der Waals surface area contributed by atoms with Gasteiger partial charge in [0.1, 0.15) is 0 Å². The third kappa shape index (κ3) is 3.37. The number of benzene rings is 1. The highest BCUT2D eigenvalue weighted by atomic mass is 79.9. The zero-order valence-corrected chi connectivity index (χ0v) is 13.3. The highest BCUT2D eigenvalue weighted by Gasteiger charge is 2.63. The van der Waals surface area contributed by atoms with Crippen LogP contribution in [0.4, 0.5) is 18.9 Å². The maximum Gasteiger partial charge on any atom is 0.438 e. The van der Waals surface area contributed by atoms with E-state index in [1.807, 2.05) is 0 Å². The summed E-state index contributed by atoms with van der Waals surface area (Å²) in [6, 6.07) is 6.04. The van der Waals surface area contributed by atoms with Gasteiger partial charge in [-0.05, 0) is 31.2 Å². The van der Waals surface area contributed by atoms with Crippen molar-refractivity contribution >= 4 is 39.1 Å². The molecule has 2 N–H and O–H groups in total. The lowest BCUT2D eigenvalue weighted by Crippen LogP contribution is -2.58. The minimum absolute atomic E-state index is 0.116. The number of rotatable bonds is 1. The van der Waals surface area contributed by atoms with Crippen LogP contribution in [-0.4, -0.2) is 39.5 Å². The molecule has 0 fully saturated rings. The number of anilines is 1. The average molecular weight is 394 g/mol. The standard InChI is InChI=1S/C13H11BrF3N3O3/c1-7-6-12(23,13(15,16)17)20(19-7)11(22)10(21)18-9-4-2-8(14)3-5-9/h2-5,23H,6H2,1H3,(H,18,21). The fraction of sp³-hybridized carbons (Fsp3) is 0.308. The largest absolute Gasteiger partial charge is 0.438 e. The van der Waals surface area contributed by atoms with E-state index in [4.69, 9.17) is 0 Å². The van der Waals surface area contributed by atoms with Gasteiger partial charge < -0.3 is 10.4 Å². The van der Waals surface area contributed by atoms with Crippen LogP contribution in [0.5, 0.6) is 0 Å². The molecule has 0 aromatic heterocycles. The summed E-state index contributed by atoms with van der Waals surface area (Å²) in [4.78, 5) is 23.8. The summed E-state index contributed by atoms with van der Waals surface area (Å²) in [7, 11) is 0. The molecule has 1 aliphatic heterocycles. The summed E-state index contributed by atoms with van der Waals surface area (Å²) in [6.45, 7) is 1.22. The Morgan fingerprint density at radius 3 is 2.43 bits per heavy atom. The lowest BCUT2D eigenvalue weighted by Gasteiger charge is -2.32. The topological polar surface area (TPSA) is 82.0 Å². The fourth-order valence-corrected chi connectivity index (χ4v) is 2.23. The lowest BCUT2D eigenvalue weighted by atomic mass is 10.1. The van der Waals surface area contributed by atoms with Gasteiger partial charge in [-0.3, -0.25) is 9.59 Å². The Morgan fingerprint density at radius 1 is 1.35 bits per heavy atom. The van der Waals surface area contributed by atoms with E-state index in [9.17, 15) is 27.9 Å². The van der Waals surface area contributed by atoms with Crippen molar-refractivity contribution in [1.82, 2.24) is 5.01 Å². The minimum atomic E-state index is -5.15. The van der Waals surface area contributed by atoms with Crippen LogP contribution in [0.15, 0.2) is 33.8 Å². The summed E-state index contributed by atoms with van der Waals surface area (Å²) < 4.78 is 39.7. The Bertz CT molecular complexity index is 675.